The van der Waals surface area contributed by atoms with Gasteiger partial charge in [0.15, 0.2) is 12.6 Å². The Morgan fingerprint density at radius 1 is 0.609 bits per heavy atom. The molecule has 0 radical (unpaired) electrons. The minimum Gasteiger partial charge on any atom is -0.491 e. The fourth-order valence-electron chi connectivity index (χ4n) is 1.92. The summed E-state index contributed by atoms with van der Waals surface area (Å²) in [5.41, 5.74) is 0. The van der Waals surface area contributed by atoms with Gasteiger partial charge in [0.25, 0.3) is 0 Å². The molecule has 0 saturated carbocycles. The first-order valence-corrected chi connectivity index (χ1v) is 9.49. The number of ether oxygens (including phenoxy) is 4. The number of hydrogen-bond acceptors (Lipinski definition) is 4. The lowest BCUT2D eigenvalue weighted by Crippen LogP contribution is -2.10. The van der Waals surface area contributed by atoms with Crippen LogP contribution in [0.4, 0.5) is 0 Å². The molecule has 0 fully saturated rings. The summed E-state index contributed by atoms with van der Waals surface area (Å²) in [4.78, 5) is 0. The van der Waals surface area contributed by atoms with Crippen LogP contribution in [0.2, 0.25) is 0 Å². The van der Waals surface area contributed by atoms with E-state index < -0.39 is 0 Å². The molecule has 0 spiro atoms. The summed E-state index contributed by atoms with van der Waals surface area (Å²) in [6.45, 7) is 10.9. The van der Waals surface area contributed by atoms with Crippen LogP contribution in [0.1, 0.15) is 85.5 Å². The highest BCUT2D eigenvalue weighted by Crippen LogP contribution is 2.19. The highest BCUT2D eigenvalue weighted by Gasteiger charge is 2.12. The normalized spacial score (nSPS) is 12.0. The molecule has 0 aliphatic heterocycles. The summed E-state index contributed by atoms with van der Waals surface area (Å²) in [5.74, 6) is 1.38. The van der Waals surface area contributed by atoms with Crippen molar-refractivity contribution >= 4 is 0 Å². The van der Waals surface area contributed by atoms with Gasteiger partial charge >= 0.3 is 5.95 Å². The van der Waals surface area contributed by atoms with E-state index in [2.05, 4.69) is 27.7 Å². The van der Waals surface area contributed by atoms with Crippen molar-refractivity contribution in [1.82, 2.24) is 0 Å². The van der Waals surface area contributed by atoms with E-state index in [0.717, 1.165) is 57.3 Å². The van der Waals surface area contributed by atoms with Crippen LogP contribution in [-0.2, 0) is 18.9 Å². The Morgan fingerprint density at radius 2 is 1.26 bits per heavy atom. The van der Waals surface area contributed by atoms with E-state index in [4.69, 9.17) is 18.9 Å². The van der Waals surface area contributed by atoms with Crippen LogP contribution in [0.3, 0.4) is 0 Å². The van der Waals surface area contributed by atoms with Gasteiger partial charge in [-0.05, 0) is 25.7 Å². The van der Waals surface area contributed by atoms with Crippen LogP contribution in [-0.4, -0.2) is 26.6 Å². The molecule has 0 saturated heterocycles. The molecule has 0 bridgehead atoms. The smallest absolute Gasteiger partial charge is 0.321 e. The van der Waals surface area contributed by atoms with Crippen molar-refractivity contribution in [2.75, 3.05) is 26.6 Å². The maximum atomic E-state index is 5.95. The standard InChI is InChI=1S/C19H38O4/c1-5-9-12-13-18(21-15-10-6-2)19(22-16-11-7-3)23-17-20-14-8-4/h5-17H2,1-4H3/b19-18-. The molecular formula is C19H38O4. The van der Waals surface area contributed by atoms with E-state index in [1.165, 1.54) is 12.8 Å². The molecule has 138 valence electrons. The minimum absolute atomic E-state index is 0.226. The van der Waals surface area contributed by atoms with Crippen LogP contribution >= 0.6 is 0 Å². The summed E-state index contributed by atoms with van der Waals surface area (Å²) in [6, 6.07) is 0. The Kier molecular flexibility index (Phi) is 16.8. The summed E-state index contributed by atoms with van der Waals surface area (Å²) in [6.07, 6.45) is 9.60. The van der Waals surface area contributed by atoms with Gasteiger partial charge in [0.2, 0.25) is 0 Å². The highest BCUT2D eigenvalue weighted by atomic mass is 16.7. The van der Waals surface area contributed by atoms with Gasteiger partial charge < -0.3 is 18.9 Å². The van der Waals surface area contributed by atoms with Gasteiger partial charge in [0.1, 0.15) is 0 Å². The second-order valence-electron chi connectivity index (χ2n) is 5.74. The first-order chi connectivity index (χ1) is 11.3. The fourth-order valence-corrected chi connectivity index (χ4v) is 1.92. The lowest BCUT2D eigenvalue weighted by Gasteiger charge is -2.17. The van der Waals surface area contributed by atoms with Gasteiger partial charge in [0, 0.05) is 6.42 Å². The average Bonchev–Trinajstić information content (AvgIpc) is 2.56. The predicted molar refractivity (Wildman–Crippen MR) is 95.1 cm³/mol. The van der Waals surface area contributed by atoms with E-state index in [1.807, 2.05) is 0 Å². The average molecular weight is 331 g/mol. The van der Waals surface area contributed by atoms with Crippen LogP contribution in [0.25, 0.3) is 0 Å². The number of hydrogen-bond donors (Lipinski definition) is 0. The first-order valence-electron chi connectivity index (χ1n) is 9.49. The van der Waals surface area contributed by atoms with Gasteiger partial charge in [0.05, 0.1) is 19.8 Å². The van der Waals surface area contributed by atoms with Crippen molar-refractivity contribution in [2.45, 2.75) is 85.5 Å². The lowest BCUT2D eigenvalue weighted by atomic mass is 10.2. The molecule has 0 heterocycles. The molecule has 0 aromatic heterocycles. The monoisotopic (exact) mass is 330 g/mol. The molecule has 0 amide bonds. The molecular weight excluding hydrogens is 292 g/mol. The molecule has 0 aliphatic rings. The molecule has 4 heteroatoms. The number of unbranched alkanes of at least 4 members (excludes halogenated alkanes) is 4. The zero-order valence-corrected chi connectivity index (χ0v) is 15.8. The van der Waals surface area contributed by atoms with Crippen molar-refractivity contribution < 1.29 is 18.9 Å². The Hall–Kier alpha value is -0.900. The van der Waals surface area contributed by atoms with Crippen molar-refractivity contribution in [3.8, 4) is 0 Å². The topological polar surface area (TPSA) is 36.9 Å². The SMILES string of the molecule is CCCCC/C(OCCCC)=C(\OCCCC)OCOCCC. The Morgan fingerprint density at radius 3 is 1.87 bits per heavy atom. The molecule has 0 aromatic rings. The number of rotatable bonds is 17. The van der Waals surface area contributed by atoms with E-state index in [9.17, 15) is 0 Å². The molecule has 4 nitrogen and oxygen atoms in total. The van der Waals surface area contributed by atoms with Crippen molar-refractivity contribution in [3.05, 3.63) is 11.7 Å². The molecule has 0 atom stereocenters. The highest BCUT2D eigenvalue weighted by molar-refractivity contribution is 4.95. The van der Waals surface area contributed by atoms with Crippen molar-refractivity contribution in [1.29, 1.82) is 0 Å². The summed E-state index contributed by atoms with van der Waals surface area (Å²) in [5, 5.41) is 0. The lowest BCUT2D eigenvalue weighted by molar-refractivity contribution is -0.0837. The molecule has 23 heavy (non-hydrogen) atoms. The van der Waals surface area contributed by atoms with Crippen molar-refractivity contribution in [2.24, 2.45) is 0 Å². The quantitative estimate of drug-likeness (QED) is 0.193. The van der Waals surface area contributed by atoms with Gasteiger partial charge in [-0.1, -0.05) is 53.4 Å². The summed E-state index contributed by atoms with van der Waals surface area (Å²) >= 11 is 0. The largest absolute Gasteiger partial charge is 0.491 e. The summed E-state index contributed by atoms with van der Waals surface area (Å²) < 4.78 is 22.9. The minimum atomic E-state index is 0.226. The van der Waals surface area contributed by atoms with Crippen molar-refractivity contribution in [3.63, 3.8) is 0 Å². The van der Waals surface area contributed by atoms with E-state index >= 15 is 0 Å². The molecule has 0 N–H and O–H groups in total. The zero-order valence-electron chi connectivity index (χ0n) is 15.8. The molecule has 0 aliphatic carbocycles. The Bertz CT molecular complexity index is 265. The van der Waals surface area contributed by atoms with E-state index in [-0.39, 0.29) is 6.79 Å². The Labute approximate surface area is 143 Å². The van der Waals surface area contributed by atoms with E-state index in [0.29, 0.717) is 19.2 Å². The van der Waals surface area contributed by atoms with Crippen LogP contribution in [0.5, 0.6) is 0 Å². The predicted octanol–water partition coefficient (Wildman–Crippen LogP) is 5.77. The van der Waals surface area contributed by atoms with Crippen LogP contribution in [0.15, 0.2) is 11.7 Å². The first kappa shape index (κ1) is 22.1. The van der Waals surface area contributed by atoms with Gasteiger partial charge in [-0.15, -0.1) is 0 Å². The van der Waals surface area contributed by atoms with Crippen LogP contribution in [0, 0.1) is 0 Å². The third kappa shape index (κ3) is 13.3. The van der Waals surface area contributed by atoms with Gasteiger partial charge in [-0.3, -0.25) is 0 Å². The third-order valence-electron chi connectivity index (χ3n) is 3.36. The fraction of sp³-hybridized carbons (Fsp3) is 0.895. The molecule has 0 rings (SSSR count). The van der Waals surface area contributed by atoms with Crippen LogP contribution < -0.4 is 0 Å². The van der Waals surface area contributed by atoms with Gasteiger partial charge in [-0.2, -0.15) is 0 Å². The molecule has 0 aromatic carbocycles. The Balaban J connectivity index is 4.69. The number of allylic oxidation sites excluding steroid dienone is 1. The second kappa shape index (κ2) is 17.5. The maximum absolute atomic E-state index is 5.95. The second-order valence-corrected chi connectivity index (χ2v) is 5.74. The van der Waals surface area contributed by atoms with E-state index in [1.54, 1.807) is 0 Å². The van der Waals surface area contributed by atoms with Gasteiger partial charge in [-0.25, -0.2) is 0 Å². The maximum Gasteiger partial charge on any atom is 0.321 e. The molecule has 0 unspecified atom stereocenters. The zero-order chi connectivity index (χ0) is 17.2. The summed E-state index contributed by atoms with van der Waals surface area (Å²) in [7, 11) is 0. The third-order valence-corrected chi connectivity index (χ3v) is 3.36.